The molecule has 0 aromatic heterocycles. The Balaban J connectivity index is 2.32. The molecule has 0 aliphatic rings. The molecule has 0 heterocycles. The molecule has 0 saturated heterocycles. The first-order chi connectivity index (χ1) is 10.4. The largest absolute Gasteiger partial charge is 0.478 e. The molecule has 0 fully saturated rings. The quantitative estimate of drug-likeness (QED) is 0.830. The maximum atomic E-state index is 11.1. The van der Waals surface area contributed by atoms with Crippen molar-refractivity contribution >= 4 is 11.5 Å². The summed E-state index contributed by atoms with van der Waals surface area (Å²) in [4.78, 5) is 11.1. The van der Waals surface area contributed by atoms with E-state index in [0.717, 1.165) is 16.7 Å². The first kappa shape index (κ1) is 16.0. The molecule has 0 bridgehead atoms. The average molecular weight is 294 g/mol. The van der Waals surface area contributed by atoms with Crippen molar-refractivity contribution in [3.8, 4) is 0 Å². The monoisotopic (exact) mass is 294 g/mol. The first-order valence-electron chi connectivity index (χ1n) is 7.44. The highest BCUT2D eigenvalue weighted by Gasteiger charge is 2.14. The summed E-state index contributed by atoms with van der Waals surface area (Å²) in [5.74, 6) is -0.911. The van der Waals surface area contributed by atoms with Gasteiger partial charge in [-0.1, -0.05) is 75.4 Å². The molecule has 0 unspecified atom stereocenters. The lowest BCUT2D eigenvalue weighted by molar-refractivity contribution is -0.131. The van der Waals surface area contributed by atoms with Gasteiger partial charge in [-0.25, -0.2) is 4.79 Å². The first-order valence-corrected chi connectivity index (χ1v) is 7.44. The Morgan fingerprint density at radius 1 is 1.00 bits per heavy atom. The van der Waals surface area contributed by atoms with Gasteiger partial charge in [0.2, 0.25) is 0 Å². The fraction of sp³-hybridized carbons (Fsp3) is 0.250. The minimum absolute atomic E-state index is 0.0919. The van der Waals surface area contributed by atoms with Crippen LogP contribution in [-0.2, 0) is 16.6 Å². The van der Waals surface area contributed by atoms with Crippen LogP contribution in [0.4, 0.5) is 0 Å². The molecular weight excluding hydrogens is 272 g/mol. The molecule has 0 amide bonds. The maximum Gasteiger partial charge on any atom is 0.328 e. The summed E-state index contributed by atoms with van der Waals surface area (Å²) in [6.07, 6.45) is 1.92. The molecule has 2 nitrogen and oxygen atoms in total. The summed E-state index contributed by atoms with van der Waals surface area (Å²) in [6.45, 7) is 6.50. The molecule has 0 aliphatic carbocycles. The van der Waals surface area contributed by atoms with Crippen LogP contribution >= 0.6 is 0 Å². The molecule has 2 aromatic rings. The molecule has 2 rings (SSSR count). The highest BCUT2D eigenvalue weighted by molar-refractivity contribution is 5.90. The Hall–Kier alpha value is -2.35. The second-order valence-electron chi connectivity index (χ2n) is 6.50. The van der Waals surface area contributed by atoms with E-state index in [2.05, 4.69) is 32.9 Å². The lowest BCUT2D eigenvalue weighted by Gasteiger charge is -2.19. The van der Waals surface area contributed by atoms with E-state index in [9.17, 15) is 4.79 Å². The van der Waals surface area contributed by atoms with Crippen LogP contribution in [0.3, 0.4) is 0 Å². The molecule has 22 heavy (non-hydrogen) atoms. The summed E-state index contributed by atoms with van der Waals surface area (Å²) < 4.78 is 0. The van der Waals surface area contributed by atoms with Crippen LogP contribution in [-0.4, -0.2) is 11.1 Å². The molecule has 0 atom stereocenters. The Labute approximate surface area is 132 Å². The van der Waals surface area contributed by atoms with Crippen LogP contribution in [0.15, 0.2) is 60.7 Å². The maximum absolute atomic E-state index is 11.1. The number of hydrogen-bond acceptors (Lipinski definition) is 1. The highest BCUT2D eigenvalue weighted by atomic mass is 16.4. The topological polar surface area (TPSA) is 37.3 Å². The van der Waals surface area contributed by atoms with Crippen molar-refractivity contribution in [1.29, 1.82) is 0 Å². The minimum Gasteiger partial charge on any atom is -0.478 e. The highest BCUT2D eigenvalue weighted by Crippen LogP contribution is 2.25. The Morgan fingerprint density at radius 3 is 2.09 bits per heavy atom. The number of benzene rings is 2. The van der Waals surface area contributed by atoms with Crippen LogP contribution in [0, 0.1) is 0 Å². The zero-order valence-corrected chi connectivity index (χ0v) is 13.3. The van der Waals surface area contributed by atoms with Crippen molar-refractivity contribution in [2.24, 2.45) is 0 Å². The van der Waals surface area contributed by atoms with Gasteiger partial charge in [0.1, 0.15) is 0 Å². The molecule has 114 valence electrons. The number of carboxylic acids is 1. The van der Waals surface area contributed by atoms with Crippen molar-refractivity contribution in [2.75, 3.05) is 0 Å². The van der Waals surface area contributed by atoms with Crippen LogP contribution in [0.2, 0.25) is 0 Å². The Morgan fingerprint density at radius 2 is 1.59 bits per heavy atom. The third-order valence-electron chi connectivity index (χ3n) is 3.66. The van der Waals surface area contributed by atoms with E-state index in [0.29, 0.717) is 6.42 Å². The van der Waals surface area contributed by atoms with Gasteiger partial charge >= 0.3 is 5.97 Å². The van der Waals surface area contributed by atoms with Crippen LogP contribution in [0.5, 0.6) is 0 Å². The number of aliphatic carboxylic acids is 1. The van der Waals surface area contributed by atoms with Crippen molar-refractivity contribution in [3.63, 3.8) is 0 Å². The number of rotatable bonds is 4. The number of allylic oxidation sites excluding steroid dienone is 1. The number of carboxylic acid groups (broad SMARTS) is 1. The molecule has 1 N–H and O–H groups in total. The molecule has 0 spiro atoms. The van der Waals surface area contributed by atoms with E-state index in [1.54, 1.807) is 0 Å². The fourth-order valence-corrected chi connectivity index (χ4v) is 2.39. The van der Waals surface area contributed by atoms with Gasteiger partial charge in [-0.15, -0.1) is 0 Å². The third-order valence-corrected chi connectivity index (χ3v) is 3.66. The van der Waals surface area contributed by atoms with Crippen molar-refractivity contribution in [2.45, 2.75) is 32.6 Å². The summed E-state index contributed by atoms with van der Waals surface area (Å²) in [7, 11) is 0. The summed E-state index contributed by atoms with van der Waals surface area (Å²) >= 11 is 0. The van der Waals surface area contributed by atoms with E-state index >= 15 is 0 Å². The lowest BCUT2D eigenvalue weighted by Crippen LogP contribution is -2.10. The van der Waals surface area contributed by atoms with E-state index in [-0.39, 0.29) is 5.41 Å². The van der Waals surface area contributed by atoms with Gasteiger partial charge in [0, 0.05) is 6.08 Å². The summed E-state index contributed by atoms with van der Waals surface area (Å²) in [5, 5.41) is 9.13. The van der Waals surface area contributed by atoms with Gasteiger partial charge < -0.3 is 5.11 Å². The van der Waals surface area contributed by atoms with Gasteiger partial charge in [0.05, 0.1) is 0 Å². The van der Waals surface area contributed by atoms with Crippen molar-refractivity contribution in [3.05, 3.63) is 77.4 Å². The van der Waals surface area contributed by atoms with E-state index < -0.39 is 5.97 Å². The second kappa shape index (κ2) is 6.61. The third kappa shape index (κ3) is 4.32. The second-order valence-corrected chi connectivity index (χ2v) is 6.50. The number of carbonyl (C=O) groups is 1. The smallest absolute Gasteiger partial charge is 0.328 e. The Bertz CT molecular complexity index is 659. The molecule has 2 aromatic carbocycles. The summed E-state index contributed by atoms with van der Waals surface area (Å²) in [5.41, 5.74) is 4.22. The van der Waals surface area contributed by atoms with Crippen LogP contribution in [0.25, 0.3) is 5.57 Å². The van der Waals surface area contributed by atoms with Gasteiger partial charge in [-0.05, 0) is 34.1 Å². The predicted molar refractivity (Wildman–Crippen MR) is 90.9 cm³/mol. The predicted octanol–water partition coefficient (Wildman–Crippen LogP) is 4.69. The normalized spacial score (nSPS) is 12.2. The molecular formula is C20H22O2. The van der Waals surface area contributed by atoms with Crippen LogP contribution < -0.4 is 0 Å². The molecule has 0 radical (unpaired) electrons. The van der Waals surface area contributed by atoms with Gasteiger partial charge in [0.25, 0.3) is 0 Å². The zero-order chi connectivity index (χ0) is 16.2. The Kier molecular flexibility index (Phi) is 4.81. The average Bonchev–Trinajstić information content (AvgIpc) is 2.46. The van der Waals surface area contributed by atoms with Crippen molar-refractivity contribution in [1.82, 2.24) is 0 Å². The number of hydrogen-bond donors (Lipinski definition) is 1. The van der Waals surface area contributed by atoms with Crippen molar-refractivity contribution < 1.29 is 9.90 Å². The SMILES string of the molecule is CC(C)(C)c1ccc(/C(=C\C(=O)O)Cc2ccccc2)cc1. The fourth-order valence-electron chi connectivity index (χ4n) is 2.39. The van der Waals surface area contributed by atoms with Crippen LogP contribution in [0.1, 0.15) is 37.5 Å². The summed E-state index contributed by atoms with van der Waals surface area (Å²) in [6, 6.07) is 18.1. The zero-order valence-electron chi connectivity index (χ0n) is 13.3. The lowest BCUT2D eigenvalue weighted by atomic mass is 9.86. The molecule has 0 aliphatic heterocycles. The van der Waals surface area contributed by atoms with Gasteiger partial charge in [0.15, 0.2) is 0 Å². The van der Waals surface area contributed by atoms with Gasteiger partial charge in [-0.2, -0.15) is 0 Å². The molecule has 2 heteroatoms. The standard InChI is InChI=1S/C20H22O2/c1-20(2,3)18-11-9-16(10-12-18)17(14-19(21)22)13-15-7-5-4-6-8-15/h4-12,14H,13H2,1-3H3,(H,21,22)/b17-14-. The minimum atomic E-state index is -0.911. The van der Waals surface area contributed by atoms with E-state index in [1.165, 1.54) is 11.6 Å². The van der Waals surface area contributed by atoms with E-state index in [1.807, 2.05) is 42.5 Å². The van der Waals surface area contributed by atoms with E-state index in [4.69, 9.17) is 5.11 Å². The molecule has 0 saturated carbocycles. The van der Waals surface area contributed by atoms with Gasteiger partial charge in [-0.3, -0.25) is 0 Å².